The van der Waals surface area contributed by atoms with Crippen molar-refractivity contribution in [2.24, 2.45) is 0 Å². The van der Waals surface area contributed by atoms with Crippen LogP contribution in [0, 0.1) is 18.3 Å². The highest BCUT2D eigenvalue weighted by Gasteiger charge is 2.13. The lowest BCUT2D eigenvalue weighted by Crippen LogP contribution is -2.10. The van der Waals surface area contributed by atoms with Gasteiger partial charge in [0.25, 0.3) is 0 Å². The maximum Gasteiger partial charge on any atom is 0.151 e. The predicted octanol–water partition coefficient (Wildman–Crippen LogP) is 2.47. The van der Waals surface area contributed by atoms with Gasteiger partial charge in [0.15, 0.2) is 5.82 Å². The minimum absolute atomic E-state index is 0.00689. The number of anilines is 2. The van der Waals surface area contributed by atoms with Gasteiger partial charge in [-0.05, 0) is 19.9 Å². The summed E-state index contributed by atoms with van der Waals surface area (Å²) in [4.78, 5) is 8.55. The highest BCUT2D eigenvalue weighted by atomic mass is 32.1. The van der Waals surface area contributed by atoms with Gasteiger partial charge in [-0.1, -0.05) is 0 Å². The van der Waals surface area contributed by atoms with Crippen molar-refractivity contribution in [3.05, 3.63) is 33.9 Å². The van der Waals surface area contributed by atoms with Crippen LogP contribution in [0.2, 0.25) is 0 Å². The van der Waals surface area contributed by atoms with Gasteiger partial charge in [-0.25, -0.2) is 9.97 Å². The minimum atomic E-state index is 0.00689. The van der Waals surface area contributed by atoms with Gasteiger partial charge < -0.3 is 11.1 Å². The summed E-state index contributed by atoms with van der Waals surface area (Å²) in [6.07, 6.45) is 1.57. The van der Waals surface area contributed by atoms with E-state index in [-0.39, 0.29) is 6.04 Å². The molecule has 2 aromatic rings. The van der Waals surface area contributed by atoms with Gasteiger partial charge in [-0.2, -0.15) is 5.26 Å². The molecule has 0 saturated heterocycles. The van der Waals surface area contributed by atoms with Gasteiger partial charge in [-0.15, -0.1) is 11.3 Å². The molecular weight excluding hydrogens is 246 g/mol. The van der Waals surface area contributed by atoms with E-state index in [9.17, 15) is 0 Å². The van der Waals surface area contributed by atoms with Gasteiger partial charge >= 0.3 is 0 Å². The molecule has 0 radical (unpaired) electrons. The quantitative estimate of drug-likeness (QED) is 0.884. The van der Waals surface area contributed by atoms with E-state index in [4.69, 9.17) is 11.0 Å². The summed E-state index contributed by atoms with van der Waals surface area (Å²) < 4.78 is 0. The molecule has 0 fully saturated rings. The predicted molar refractivity (Wildman–Crippen MR) is 72.3 cm³/mol. The van der Waals surface area contributed by atoms with Gasteiger partial charge in [-0.3, -0.25) is 0 Å². The first-order chi connectivity index (χ1) is 8.61. The number of aryl methyl sites for hydroxylation is 1. The first kappa shape index (κ1) is 12.3. The molecule has 0 aliphatic carbocycles. The maximum atomic E-state index is 8.90. The molecule has 18 heavy (non-hydrogen) atoms. The summed E-state index contributed by atoms with van der Waals surface area (Å²) in [7, 11) is 0. The molecule has 0 aliphatic rings. The van der Waals surface area contributed by atoms with Crippen molar-refractivity contribution in [1.29, 1.82) is 5.26 Å². The Balaban J connectivity index is 2.22. The van der Waals surface area contributed by atoms with Crippen molar-refractivity contribution >= 4 is 22.8 Å². The van der Waals surface area contributed by atoms with E-state index in [2.05, 4.69) is 15.3 Å². The normalized spacial score (nSPS) is 11.8. The molecule has 0 amide bonds. The number of nitrogen functional groups attached to an aromatic ring is 1. The number of nitrogens with one attached hydrogen (secondary N) is 1. The molecule has 2 heterocycles. The molecule has 0 saturated carbocycles. The second-order valence-corrected chi connectivity index (χ2v) is 4.82. The molecule has 0 aromatic carbocycles. The van der Waals surface area contributed by atoms with Crippen LogP contribution < -0.4 is 11.1 Å². The Hall–Kier alpha value is -2.13. The Kier molecular flexibility index (Phi) is 3.44. The number of pyridine rings is 1. The van der Waals surface area contributed by atoms with Gasteiger partial charge in [0.05, 0.1) is 17.3 Å². The third kappa shape index (κ3) is 2.41. The van der Waals surface area contributed by atoms with Gasteiger partial charge in [0.1, 0.15) is 11.1 Å². The number of rotatable bonds is 3. The Labute approximate surface area is 109 Å². The number of nitrogens with zero attached hydrogens (tertiary/aromatic N) is 3. The van der Waals surface area contributed by atoms with E-state index < -0.39 is 0 Å². The Morgan fingerprint density at radius 3 is 2.94 bits per heavy atom. The topological polar surface area (TPSA) is 87.6 Å². The zero-order chi connectivity index (χ0) is 13.1. The van der Waals surface area contributed by atoms with Crippen LogP contribution >= 0.6 is 11.3 Å². The van der Waals surface area contributed by atoms with Crippen LogP contribution in [0.1, 0.15) is 29.2 Å². The van der Waals surface area contributed by atoms with E-state index in [0.29, 0.717) is 17.1 Å². The smallest absolute Gasteiger partial charge is 0.151 e. The van der Waals surface area contributed by atoms with Crippen molar-refractivity contribution in [2.45, 2.75) is 19.9 Å². The van der Waals surface area contributed by atoms with E-state index >= 15 is 0 Å². The lowest BCUT2D eigenvalue weighted by atomic mass is 10.2. The van der Waals surface area contributed by atoms with Crippen molar-refractivity contribution in [3.63, 3.8) is 0 Å². The molecule has 92 valence electrons. The largest absolute Gasteiger partial charge is 0.395 e. The van der Waals surface area contributed by atoms with Crippen LogP contribution in [-0.2, 0) is 0 Å². The van der Waals surface area contributed by atoms with E-state index in [0.717, 1.165) is 10.7 Å². The summed E-state index contributed by atoms with van der Waals surface area (Å²) in [5.41, 5.74) is 7.66. The van der Waals surface area contributed by atoms with Crippen LogP contribution in [-0.4, -0.2) is 9.97 Å². The fraction of sp³-hybridized carbons (Fsp3) is 0.250. The summed E-state index contributed by atoms with van der Waals surface area (Å²) in [6.45, 7) is 3.94. The lowest BCUT2D eigenvalue weighted by Gasteiger charge is -2.13. The standard InChI is InChI=1S/C12H13N5S/c1-7-6-18-12(16-7)8(2)17-11-10(14)9(5-13)3-4-15-11/h3-4,6,8H,14H2,1-2H3,(H,15,17). The second-order valence-electron chi connectivity index (χ2n) is 3.93. The van der Waals surface area contributed by atoms with Crippen LogP contribution in [0.3, 0.4) is 0 Å². The molecular formula is C12H13N5S. The van der Waals surface area contributed by atoms with Crippen molar-refractivity contribution in [1.82, 2.24) is 9.97 Å². The lowest BCUT2D eigenvalue weighted by molar-refractivity contribution is 0.856. The van der Waals surface area contributed by atoms with Gasteiger partial charge in [0.2, 0.25) is 0 Å². The van der Waals surface area contributed by atoms with E-state index in [1.165, 1.54) is 0 Å². The number of thiazole rings is 1. The zero-order valence-electron chi connectivity index (χ0n) is 10.1. The Bertz CT molecular complexity index is 599. The molecule has 1 unspecified atom stereocenters. The number of aromatic nitrogens is 2. The van der Waals surface area contributed by atoms with E-state index in [1.807, 2.05) is 25.3 Å². The van der Waals surface area contributed by atoms with Crippen molar-refractivity contribution in [3.8, 4) is 6.07 Å². The molecule has 5 nitrogen and oxygen atoms in total. The van der Waals surface area contributed by atoms with Crippen LogP contribution in [0.4, 0.5) is 11.5 Å². The zero-order valence-corrected chi connectivity index (χ0v) is 11.0. The fourth-order valence-corrected chi connectivity index (χ4v) is 2.33. The molecule has 2 aromatic heterocycles. The second kappa shape index (κ2) is 5.02. The number of nitrogens with two attached hydrogens (primary N) is 1. The molecule has 1 atom stereocenters. The Morgan fingerprint density at radius 1 is 1.56 bits per heavy atom. The third-order valence-electron chi connectivity index (χ3n) is 2.47. The molecule has 0 aliphatic heterocycles. The van der Waals surface area contributed by atoms with Crippen LogP contribution in [0.5, 0.6) is 0 Å². The maximum absolute atomic E-state index is 8.90. The summed E-state index contributed by atoms with van der Waals surface area (Å²) >= 11 is 1.59. The van der Waals surface area contributed by atoms with Gasteiger partial charge in [0, 0.05) is 17.3 Å². The average Bonchev–Trinajstić information content (AvgIpc) is 2.78. The molecule has 0 bridgehead atoms. The first-order valence-electron chi connectivity index (χ1n) is 5.45. The number of hydrogen-bond donors (Lipinski definition) is 2. The third-order valence-corrected chi connectivity index (χ3v) is 3.62. The SMILES string of the molecule is Cc1csc(C(C)Nc2nccc(C#N)c2N)n1. The molecule has 2 rings (SSSR count). The van der Waals surface area contributed by atoms with E-state index in [1.54, 1.807) is 23.6 Å². The van der Waals surface area contributed by atoms with Crippen molar-refractivity contribution in [2.75, 3.05) is 11.1 Å². The number of nitriles is 1. The molecule has 0 spiro atoms. The van der Waals surface area contributed by atoms with Crippen LogP contribution in [0.15, 0.2) is 17.6 Å². The molecule has 3 N–H and O–H groups in total. The average molecular weight is 259 g/mol. The first-order valence-corrected chi connectivity index (χ1v) is 6.33. The number of hydrogen-bond acceptors (Lipinski definition) is 6. The fourth-order valence-electron chi connectivity index (χ4n) is 1.52. The summed E-state index contributed by atoms with van der Waals surface area (Å²) in [6, 6.07) is 3.64. The highest BCUT2D eigenvalue weighted by Crippen LogP contribution is 2.25. The minimum Gasteiger partial charge on any atom is -0.395 e. The summed E-state index contributed by atoms with van der Waals surface area (Å²) in [5.74, 6) is 0.523. The molecule has 6 heteroatoms. The Morgan fingerprint density at radius 2 is 2.33 bits per heavy atom. The monoisotopic (exact) mass is 259 g/mol. The highest BCUT2D eigenvalue weighted by molar-refractivity contribution is 7.09. The van der Waals surface area contributed by atoms with Crippen molar-refractivity contribution < 1.29 is 0 Å². The summed E-state index contributed by atoms with van der Waals surface area (Å²) in [5, 5.41) is 15.0. The van der Waals surface area contributed by atoms with Crippen LogP contribution in [0.25, 0.3) is 0 Å².